The summed E-state index contributed by atoms with van der Waals surface area (Å²) in [5, 5.41) is 11.9. The van der Waals surface area contributed by atoms with Gasteiger partial charge in [0.25, 0.3) is 0 Å². The average Bonchev–Trinajstić information content (AvgIpc) is 3.46. The third-order valence-corrected chi connectivity index (χ3v) is 4.24. The number of rotatable bonds is 5. The number of nitrogens with one attached hydrogen (secondary N) is 1. The number of aromatic carboxylic acids is 1. The first kappa shape index (κ1) is 19.6. The van der Waals surface area contributed by atoms with Crippen molar-refractivity contribution in [1.29, 1.82) is 0 Å². The highest BCUT2D eigenvalue weighted by molar-refractivity contribution is 6.02. The fraction of sp³-hybridized carbons (Fsp3) is 0.200. The Morgan fingerprint density at radius 1 is 1.04 bits per heavy atom. The van der Waals surface area contributed by atoms with Crippen LogP contribution >= 0.6 is 0 Å². The summed E-state index contributed by atoms with van der Waals surface area (Å²) < 4.78 is 51.7. The molecule has 2 aromatic carbocycles. The Labute approximate surface area is 157 Å². The number of carbonyl (C=O) groups is 2. The molecule has 1 aliphatic carbocycles. The lowest BCUT2D eigenvalue weighted by Gasteiger charge is -2.09. The maximum Gasteiger partial charge on any atom is 0.419 e. The number of benzene rings is 2. The van der Waals surface area contributed by atoms with Gasteiger partial charge < -0.3 is 10.4 Å². The van der Waals surface area contributed by atoms with E-state index in [-0.39, 0.29) is 28.6 Å². The van der Waals surface area contributed by atoms with Crippen LogP contribution < -0.4 is 5.32 Å². The Hall–Kier alpha value is -3.16. The van der Waals surface area contributed by atoms with Crippen molar-refractivity contribution in [2.24, 2.45) is 5.92 Å². The van der Waals surface area contributed by atoms with E-state index >= 15 is 0 Å². The van der Waals surface area contributed by atoms with Crippen molar-refractivity contribution in [2.75, 3.05) is 5.32 Å². The van der Waals surface area contributed by atoms with Gasteiger partial charge in [-0.3, -0.25) is 4.79 Å². The molecule has 28 heavy (non-hydrogen) atoms. The number of carboxylic acid groups (broad SMARTS) is 1. The summed E-state index contributed by atoms with van der Waals surface area (Å²) in [5.41, 5.74) is -0.843. The van der Waals surface area contributed by atoms with Crippen molar-refractivity contribution in [3.8, 4) is 0 Å². The van der Waals surface area contributed by atoms with Gasteiger partial charge >= 0.3 is 12.1 Å². The number of amides is 1. The van der Waals surface area contributed by atoms with Gasteiger partial charge in [-0.25, -0.2) is 9.18 Å². The zero-order valence-corrected chi connectivity index (χ0v) is 14.4. The van der Waals surface area contributed by atoms with Crippen LogP contribution in [0.4, 0.5) is 23.2 Å². The third-order valence-electron chi connectivity index (χ3n) is 4.24. The molecule has 2 aromatic rings. The molecule has 1 amide bonds. The first-order chi connectivity index (χ1) is 13.1. The quantitative estimate of drug-likeness (QED) is 0.551. The van der Waals surface area contributed by atoms with Crippen molar-refractivity contribution >= 4 is 29.7 Å². The van der Waals surface area contributed by atoms with Gasteiger partial charge in [0.15, 0.2) is 0 Å². The fourth-order valence-corrected chi connectivity index (χ4v) is 2.59. The van der Waals surface area contributed by atoms with Gasteiger partial charge in [0.2, 0.25) is 5.91 Å². The van der Waals surface area contributed by atoms with Crippen LogP contribution in [0.1, 0.15) is 39.9 Å². The normalized spacial score (nSPS) is 14.3. The van der Waals surface area contributed by atoms with Gasteiger partial charge in [-0.15, -0.1) is 0 Å². The number of hydrogen-bond donors (Lipinski definition) is 2. The predicted octanol–water partition coefficient (Wildman–Crippen LogP) is 5.06. The maximum absolute atomic E-state index is 13.3. The van der Waals surface area contributed by atoms with Crippen LogP contribution in [0.2, 0.25) is 0 Å². The molecule has 0 spiro atoms. The SMILES string of the molecule is O=C(O)c1cc(C=Cc2ccc(F)c(C(F)(F)F)c2)ccc1NC(=O)C1CC1. The van der Waals surface area contributed by atoms with Crippen molar-refractivity contribution in [3.63, 3.8) is 0 Å². The van der Waals surface area contributed by atoms with Gasteiger partial charge in [-0.2, -0.15) is 13.2 Å². The van der Waals surface area contributed by atoms with Gasteiger partial charge in [-0.1, -0.05) is 24.3 Å². The number of alkyl halides is 3. The maximum atomic E-state index is 13.3. The minimum Gasteiger partial charge on any atom is -0.478 e. The molecule has 0 radical (unpaired) electrons. The molecule has 0 heterocycles. The molecular weight excluding hydrogens is 378 g/mol. The molecule has 0 saturated heterocycles. The second kappa shape index (κ2) is 7.46. The highest BCUT2D eigenvalue weighted by Gasteiger charge is 2.34. The number of anilines is 1. The summed E-state index contributed by atoms with van der Waals surface area (Å²) in [6.07, 6.45) is -0.546. The van der Waals surface area contributed by atoms with Crippen LogP contribution in [0.5, 0.6) is 0 Å². The largest absolute Gasteiger partial charge is 0.478 e. The zero-order chi connectivity index (χ0) is 20.5. The lowest BCUT2D eigenvalue weighted by atomic mass is 10.1. The van der Waals surface area contributed by atoms with Crippen molar-refractivity contribution < 1.29 is 32.3 Å². The van der Waals surface area contributed by atoms with Gasteiger partial charge in [0.05, 0.1) is 16.8 Å². The van der Waals surface area contributed by atoms with Crippen LogP contribution in [-0.2, 0) is 11.0 Å². The Morgan fingerprint density at radius 2 is 1.64 bits per heavy atom. The average molecular weight is 393 g/mol. The molecule has 8 heteroatoms. The highest BCUT2D eigenvalue weighted by atomic mass is 19.4. The minimum absolute atomic E-state index is 0.0949. The Kier molecular flexibility index (Phi) is 5.22. The summed E-state index contributed by atoms with van der Waals surface area (Å²) in [7, 11) is 0. The molecule has 0 atom stereocenters. The van der Waals surface area contributed by atoms with E-state index in [1.165, 1.54) is 36.4 Å². The fourth-order valence-electron chi connectivity index (χ4n) is 2.59. The van der Waals surface area contributed by atoms with Crippen LogP contribution in [0, 0.1) is 11.7 Å². The van der Waals surface area contributed by atoms with Gasteiger partial charge in [-0.05, 0) is 48.2 Å². The minimum atomic E-state index is -4.81. The molecule has 0 aliphatic heterocycles. The molecule has 1 saturated carbocycles. The molecule has 0 aromatic heterocycles. The van der Waals surface area contributed by atoms with E-state index in [2.05, 4.69) is 5.32 Å². The summed E-state index contributed by atoms with van der Waals surface area (Å²) in [6, 6.07) is 6.84. The van der Waals surface area contributed by atoms with E-state index in [4.69, 9.17) is 0 Å². The summed E-state index contributed by atoms with van der Waals surface area (Å²) in [5.74, 6) is -2.95. The molecule has 3 rings (SSSR count). The van der Waals surface area contributed by atoms with Crippen LogP contribution in [0.3, 0.4) is 0 Å². The molecule has 0 bridgehead atoms. The van der Waals surface area contributed by atoms with E-state index in [0.29, 0.717) is 11.6 Å². The predicted molar refractivity (Wildman–Crippen MR) is 95.1 cm³/mol. The zero-order valence-electron chi connectivity index (χ0n) is 14.4. The van der Waals surface area contributed by atoms with Gasteiger partial charge in [0, 0.05) is 5.92 Å². The second-order valence-electron chi connectivity index (χ2n) is 6.44. The molecule has 4 nitrogen and oxygen atoms in total. The number of carbonyl (C=O) groups excluding carboxylic acids is 1. The van der Waals surface area contributed by atoms with E-state index < -0.39 is 23.5 Å². The molecule has 2 N–H and O–H groups in total. The number of halogens is 4. The first-order valence-electron chi connectivity index (χ1n) is 8.38. The third kappa shape index (κ3) is 4.57. The summed E-state index contributed by atoms with van der Waals surface area (Å²) >= 11 is 0. The molecule has 1 fully saturated rings. The van der Waals surface area contributed by atoms with E-state index in [9.17, 15) is 32.3 Å². The number of hydrogen-bond acceptors (Lipinski definition) is 2. The summed E-state index contributed by atoms with van der Waals surface area (Å²) in [4.78, 5) is 23.3. The lowest BCUT2D eigenvalue weighted by Crippen LogP contribution is -2.16. The van der Waals surface area contributed by atoms with Crippen LogP contribution in [-0.4, -0.2) is 17.0 Å². The van der Waals surface area contributed by atoms with E-state index in [1.807, 2.05) is 0 Å². The lowest BCUT2D eigenvalue weighted by molar-refractivity contribution is -0.140. The van der Waals surface area contributed by atoms with Crippen LogP contribution in [0.25, 0.3) is 12.2 Å². The highest BCUT2D eigenvalue weighted by Crippen LogP contribution is 2.33. The van der Waals surface area contributed by atoms with Gasteiger partial charge in [0.1, 0.15) is 5.82 Å². The van der Waals surface area contributed by atoms with Crippen molar-refractivity contribution in [1.82, 2.24) is 0 Å². The Bertz CT molecular complexity index is 962. The Morgan fingerprint density at radius 3 is 2.21 bits per heavy atom. The van der Waals surface area contributed by atoms with Crippen molar-refractivity contribution in [2.45, 2.75) is 19.0 Å². The topological polar surface area (TPSA) is 66.4 Å². The van der Waals surface area contributed by atoms with Crippen molar-refractivity contribution in [3.05, 3.63) is 64.5 Å². The number of carboxylic acids is 1. The van der Waals surface area contributed by atoms with Crippen LogP contribution in [0.15, 0.2) is 36.4 Å². The standard InChI is InChI=1S/C20H15F4NO3/c21-16-7-3-12(10-15(16)20(22,23)24)2-1-11-4-8-17(14(9-11)19(27)28)25-18(26)13-5-6-13/h1-4,7-10,13H,5-6H2,(H,25,26)(H,27,28). The monoisotopic (exact) mass is 393 g/mol. The molecule has 0 unspecified atom stereocenters. The summed E-state index contributed by atoms with van der Waals surface area (Å²) in [6.45, 7) is 0. The molecule has 1 aliphatic rings. The Balaban J connectivity index is 1.85. The molecular formula is C20H15F4NO3. The second-order valence-corrected chi connectivity index (χ2v) is 6.44. The molecule has 146 valence electrons. The smallest absolute Gasteiger partial charge is 0.419 e. The van der Waals surface area contributed by atoms with E-state index in [0.717, 1.165) is 18.9 Å². The van der Waals surface area contributed by atoms with E-state index in [1.54, 1.807) is 0 Å². The first-order valence-corrected chi connectivity index (χ1v) is 8.38.